The highest BCUT2D eigenvalue weighted by molar-refractivity contribution is 5.83. The van der Waals surface area contributed by atoms with E-state index in [1.165, 1.54) is 38.6 Å². The van der Waals surface area contributed by atoms with E-state index in [1.807, 2.05) is 4.90 Å². The van der Waals surface area contributed by atoms with E-state index in [4.69, 9.17) is 4.74 Å². The van der Waals surface area contributed by atoms with Gasteiger partial charge in [-0.15, -0.1) is 0 Å². The first-order chi connectivity index (χ1) is 16.3. The topological polar surface area (TPSA) is 41.6 Å². The predicted octanol–water partition coefficient (Wildman–Crippen LogP) is 5.74. The smallest absolute Gasteiger partial charge is 0.409 e. The molecule has 0 bridgehead atoms. The minimum absolute atomic E-state index is 0.0838. The van der Waals surface area contributed by atoms with Gasteiger partial charge in [0, 0.05) is 25.6 Å². The van der Waals surface area contributed by atoms with Gasteiger partial charge in [-0.2, -0.15) is 0 Å². The summed E-state index contributed by atoms with van der Waals surface area (Å²) in [6, 6.07) is 31.8. The van der Waals surface area contributed by atoms with Crippen molar-refractivity contribution in [3.05, 3.63) is 108 Å². The molecule has 1 atom stereocenters. The molecule has 1 amide bonds. The lowest BCUT2D eigenvalue weighted by molar-refractivity contribution is 0.0883. The Hall–Kier alpha value is -3.63. The molecule has 0 aromatic heterocycles. The van der Waals surface area contributed by atoms with Crippen molar-refractivity contribution in [1.82, 2.24) is 10.2 Å². The molecule has 1 aliphatic heterocycles. The SMILES string of the molecule is O=C(OCC1c2ccccc2-c2ccccc21)N1CCNC(c2ccc3ccccc3c2)C1. The van der Waals surface area contributed by atoms with E-state index in [0.29, 0.717) is 19.7 Å². The van der Waals surface area contributed by atoms with Gasteiger partial charge in [0.15, 0.2) is 0 Å². The van der Waals surface area contributed by atoms with Gasteiger partial charge in [-0.05, 0) is 44.7 Å². The van der Waals surface area contributed by atoms with E-state index in [2.05, 4.69) is 96.3 Å². The van der Waals surface area contributed by atoms with Crippen molar-refractivity contribution in [3.8, 4) is 11.1 Å². The fourth-order valence-electron chi connectivity index (χ4n) is 5.25. The summed E-state index contributed by atoms with van der Waals surface area (Å²) in [6.45, 7) is 2.37. The highest BCUT2D eigenvalue weighted by Gasteiger charge is 2.31. The number of carbonyl (C=O) groups excluding carboxylic acids is 1. The molecular weight excluding hydrogens is 408 g/mol. The van der Waals surface area contributed by atoms with Crippen LogP contribution in [0.4, 0.5) is 4.79 Å². The number of piperazine rings is 1. The van der Waals surface area contributed by atoms with Crippen molar-refractivity contribution < 1.29 is 9.53 Å². The quantitative estimate of drug-likeness (QED) is 0.447. The first-order valence-corrected chi connectivity index (χ1v) is 11.6. The molecule has 4 aromatic rings. The molecule has 1 fully saturated rings. The average Bonchev–Trinajstić information content (AvgIpc) is 3.21. The number of carbonyl (C=O) groups is 1. The Morgan fingerprint density at radius 2 is 1.52 bits per heavy atom. The van der Waals surface area contributed by atoms with Crippen LogP contribution >= 0.6 is 0 Å². The van der Waals surface area contributed by atoms with Crippen LogP contribution in [0.1, 0.15) is 28.7 Å². The number of benzene rings is 4. The van der Waals surface area contributed by atoms with Crippen LogP contribution in [0.5, 0.6) is 0 Å². The molecule has 4 aromatic carbocycles. The molecule has 1 N–H and O–H groups in total. The Bertz CT molecular complexity index is 1290. The molecule has 4 nitrogen and oxygen atoms in total. The van der Waals surface area contributed by atoms with Crippen molar-refractivity contribution in [2.45, 2.75) is 12.0 Å². The van der Waals surface area contributed by atoms with Gasteiger partial charge in [-0.3, -0.25) is 0 Å². The standard InChI is InChI=1S/C29H26N2O2/c32-29(33-19-27-25-11-5-3-9-23(25)24-10-4-6-12-26(24)27)31-16-15-30-28(18-31)22-14-13-20-7-1-2-8-21(20)17-22/h1-14,17,27-28,30H,15-16,18-19H2. The third-order valence-corrected chi connectivity index (χ3v) is 6.95. The van der Waals surface area contributed by atoms with Crippen LogP contribution in [0.25, 0.3) is 21.9 Å². The Kier molecular flexibility index (Phi) is 5.08. The monoisotopic (exact) mass is 434 g/mol. The summed E-state index contributed by atoms with van der Waals surface area (Å²) >= 11 is 0. The minimum atomic E-state index is -0.232. The number of hydrogen-bond acceptors (Lipinski definition) is 3. The maximum absolute atomic E-state index is 13.0. The lowest BCUT2D eigenvalue weighted by Gasteiger charge is -2.33. The van der Waals surface area contributed by atoms with Crippen molar-refractivity contribution in [2.75, 3.05) is 26.2 Å². The van der Waals surface area contributed by atoms with E-state index in [0.717, 1.165) is 6.54 Å². The zero-order valence-electron chi connectivity index (χ0n) is 18.4. The molecule has 164 valence electrons. The largest absolute Gasteiger partial charge is 0.448 e. The van der Waals surface area contributed by atoms with Gasteiger partial charge < -0.3 is 15.0 Å². The van der Waals surface area contributed by atoms with E-state index in [1.54, 1.807) is 0 Å². The van der Waals surface area contributed by atoms with Gasteiger partial charge >= 0.3 is 6.09 Å². The predicted molar refractivity (Wildman–Crippen MR) is 131 cm³/mol. The summed E-state index contributed by atoms with van der Waals surface area (Å²) in [5, 5.41) is 6.00. The van der Waals surface area contributed by atoms with Gasteiger partial charge in [0.25, 0.3) is 0 Å². The normalized spacial score (nSPS) is 17.6. The molecule has 1 heterocycles. The molecule has 2 aliphatic rings. The highest BCUT2D eigenvalue weighted by Crippen LogP contribution is 2.44. The van der Waals surface area contributed by atoms with Gasteiger partial charge in [-0.25, -0.2) is 4.79 Å². The van der Waals surface area contributed by atoms with E-state index in [-0.39, 0.29) is 18.1 Å². The number of rotatable bonds is 3. The summed E-state index contributed by atoms with van der Waals surface area (Å²) in [5.74, 6) is 0.0838. The number of fused-ring (bicyclic) bond motifs is 4. The van der Waals surface area contributed by atoms with Crippen molar-refractivity contribution >= 4 is 16.9 Å². The third kappa shape index (κ3) is 3.66. The van der Waals surface area contributed by atoms with Gasteiger partial charge in [0.05, 0.1) is 6.04 Å². The van der Waals surface area contributed by atoms with Crippen LogP contribution < -0.4 is 5.32 Å². The fraction of sp³-hybridized carbons (Fsp3) is 0.207. The summed E-state index contributed by atoms with van der Waals surface area (Å²) in [5.41, 5.74) is 6.16. The molecule has 33 heavy (non-hydrogen) atoms. The van der Waals surface area contributed by atoms with Crippen molar-refractivity contribution in [3.63, 3.8) is 0 Å². The fourth-order valence-corrected chi connectivity index (χ4v) is 5.25. The lowest BCUT2D eigenvalue weighted by atomic mass is 9.98. The second-order valence-electron chi connectivity index (χ2n) is 8.86. The number of hydrogen-bond donors (Lipinski definition) is 1. The number of nitrogens with one attached hydrogen (secondary N) is 1. The Labute approximate surface area is 193 Å². The molecule has 4 heteroatoms. The highest BCUT2D eigenvalue weighted by atomic mass is 16.6. The van der Waals surface area contributed by atoms with Crippen LogP contribution in [-0.2, 0) is 4.74 Å². The Balaban J connectivity index is 1.16. The van der Waals surface area contributed by atoms with Crippen LogP contribution in [-0.4, -0.2) is 37.2 Å². The van der Waals surface area contributed by atoms with Crippen LogP contribution in [0, 0.1) is 0 Å². The van der Waals surface area contributed by atoms with E-state index < -0.39 is 0 Å². The summed E-state index contributed by atoms with van der Waals surface area (Å²) in [4.78, 5) is 14.9. The van der Waals surface area contributed by atoms with Gasteiger partial charge in [0.1, 0.15) is 6.61 Å². The number of amides is 1. The minimum Gasteiger partial charge on any atom is -0.448 e. The lowest BCUT2D eigenvalue weighted by Crippen LogP contribution is -2.48. The van der Waals surface area contributed by atoms with Crippen molar-refractivity contribution in [2.24, 2.45) is 0 Å². The first kappa shape index (κ1) is 20.0. The van der Waals surface area contributed by atoms with Crippen LogP contribution in [0.3, 0.4) is 0 Å². The molecule has 6 rings (SSSR count). The van der Waals surface area contributed by atoms with Gasteiger partial charge in [0.2, 0.25) is 0 Å². The van der Waals surface area contributed by atoms with Gasteiger partial charge in [-0.1, -0.05) is 84.9 Å². The molecule has 0 saturated carbocycles. The zero-order chi connectivity index (χ0) is 22.2. The molecule has 1 unspecified atom stereocenters. The third-order valence-electron chi connectivity index (χ3n) is 6.95. The summed E-state index contributed by atoms with van der Waals surface area (Å²) in [6.07, 6.45) is -0.232. The number of ether oxygens (including phenoxy) is 1. The van der Waals surface area contributed by atoms with E-state index >= 15 is 0 Å². The Morgan fingerprint density at radius 3 is 2.27 bits per heavy atom. The molecule has 1 aliphatic carbocycles. The molecule has 0 spiro atoms. The molecule has 0 radical (unpaired) electrons. The second kappa shape index (κ2) is 8.38. The van der Waals surface area contributed by atoms with Crippen molar-refractivity contribution in [1.29, 1.82) is 0 Å². The Morgan fingerprint density at radius 1 is 0.848 bits per heavy atom. The van der Waals surface area contributed by atoms with Crippen LogP contribution in [0.2, 0.25) is 0 Å². The summed E-state index contributed by atoms with van der Waals surface area (Å²) < 4.78 is 5.89. The number of nitrogens with zero attached hydrogens (tertiary/aromatic N) is 1. The summed E-state index contributed by atoms with van der Waals surface area (Å²) in [7, 11) is 0. The zero-order valence-corrected chi connectivity index (χ0v) is 18.4. The average molecular weight is 435 g/mol. The van der Waals surface area contributed by atoms with Crippen LogP contribution in [0.15, 0.2) is 91.0 Å². The molecule has 1 saturated heterocycles. The first-order valence-electron chi connectivity index (χ1n) is 11.6. The molecular formula is C29H26N2O2. The van der Waals surface area contributed by atoms with E-state index in [9.17, 15) is 4.79 Å². The second-order valence-corrected chi connectivity index (χ2v) is 8.86. The maximum atomic E-state index is 13.0. The maximum Gasteiger partial charge on any atom is 0.409 e.